The summed E-state index contributed by atoms with van der Waals surface area (Å²) in [5.41, 5.74) is 1.73. The van der Waals surface area contributed by atoms with Gasteiger partial charge in [0.05, 0.1) is 7.11 Å². The fourth-order valence-corrected chi connectivity index (χ4v) is 3.36. The van der Waals surface area contributed by atoms with Crippen molar-refractivity contribution < 1.29 is 19.1 Å². The van der Waals surface area contributed by atoms with Gasteiger partial charge in [0.1, 0.15) is 0 Å². The van der Waals surface area contributed by atoms with E-state index in [9.17, 15) is 9.59 Å². The number of rotatable bonds is 6. The van der Waals surface area contributed by atoms with Crippen LogP contribution in [0.15, 0.2) is 48.5 Å². The van der Waals surface area contributed by atoms with Gasteiger partial charge in [-0.3, -0.25) is 9.59 Å². The van der Waals surface area contributed by atoms with Crippen LogP contribution in [0.4, 0.5) is 0 Å². The molecule has 3 rings (SSSR count). The molecule has 0 bridgehead atoms. The Kier molecular flexibility index (Phi) is 6.53. The fourth-order valence-electron chi connectivity index (χ4n) is 3.36. The van der Waals surface area contributed by atoms with Crippen LogP contribution >= 0.6 is 0 Å². The Balaban J connectivity index is 1.46. The fraction of sp³-hybridized carbons (Fsp3) is 0.364. The average molecular weight is 382 g/mol. The SMILES string of the molecule is COc1ccccc1OCC(=O)NC1CCN(C(=O)c2ccccc2C)CC1. The lowest BCUT2D eigenvalue weighted by atomic mass is 10.0. The van der Waals surface area contributed by atoms with E-state index < -0.39 is 0 Å². The number of carbonyl (C=O) groups is 2. The van der Waals surface area contributed by atoms with Crippen molar-refractivity contribution in [2.75, 3.05) is 26.8 Å². The van der Waals surface area contributed by atoms with E-state index in [1.807, 2.05) is 48.2 Å². The summed E-state index contributed by atoms with van der Waals surface area (Å²) in [6.45, 7) is 3.14. The second kappa shape index (κ2) is 9.26. The molecule has 1 fully saturated rings. The maximum Gasteiger partial charge on any atom is 0.258 e. The molecule has 28 heavy (non-hydrogen) atoms. The van der Waals surface area contributed by atoms with Crippen LogP contribution < -0.4 is 14.8 Å². The lowest BCUT2D eigenvalue weighted by Crippen LogP contribution is -2.47. The first-order chi connectivity index (χ1) is 13.6. The van der Waals surface area contributed by atoms with Crippen LogP contribution in [0.1, 0.15) is 28.8 Å². The lowest BCUT2D eigenvalue weighted by molar-refractivity contribution is -0.124. The molecule has 0 spiro atoms. The maximum atomic E-state index is 12.7. The summed E-state index contributed by atoms with van der Waals surface area (Å²) in [7, 11) is 1.56. The third-order valence-corrected chi connectivity index (χ3v) is 4.95. The predicted molar refractivity (Wildman–Crippen MR) is 107 cm³/mol. The average Bonchev–Trinajstić information content (AvgIpc) is 2.73. The number of hydrogen-bond acceptors (Lipinski definition) is 4. The normalized spacial score (nSPS) is 14.4. The van der Waals surface area contributed by atoms with Gasteiger partial charge in [0.25, 0.3) is 11.8 Å². The van der Waals surface area contributed by atoms with Crippen LogP contribution in [0.2, 0.25) is 0 Å². The number of carbonyl (C=O) groups excluding carboxylic acids is 2. The van der Waals surface area contributed by atoms with Crippen LogP contribution in [0.25, 0.3) is 0 Å². The van der Waals surface area contributed by atoms with Gasteiger partial charge < -0.3 is 19.7 Å². The van der Waals surface area contributed by atoms with E-state index in [2.05, 4.69) is 5.32 Å². The third-order valence-electron chi connectivity index (χ3n) is 4.95. The Labute approximate surface area is 165 Å². The zero-order valence-corrected chi connectivity index (χ0v) is 16.3. The van der Waals surface area contributed by atoms with Gasteiger partial charge in [-0.05, 0) is 43.5 Å². The number of nitrogens with one attached hydrogen (secondary N) is 1. The van der Waals surface area contributed by atoms with Crippen LogP contribution in [-0.4, -0.2) is 49.6 Å². The highest BCUT2D eigenvalue weighted by molar-refractivity contribution is 5.95. The summed E-state index contributed by atoms with van der Waals surface area (Å²) >= 11 is 0. The minimum absolute atomic E-state index is 0.0506. The lowest BCUT2D eigenvalue weighted by Gasteiger charge is -2.32. The smallest absolute Gasteiger partial charge is 0.258 e. The molecular weight excluding hydrogens is 356 g/mol. The molecule has 148 valence electrons. The number of para-hydroxylation sites is 2. The minimum atomic E-state index is -0.172. The molecule has 6 nitrogen and oxygen atoms in total. The molecule has 1 aliphatic rings. The van der Waals surface area contributed by atoms with E-state index in [0.717, 1.165) is 24.0 Å². The first kappa shape index (κ1) is 19.7. The summed E-state index contributed by atoms with van der Waals surface area (Å²) in [6, 6.07) is 14.9. The second-order valence-electron chi connectivity index (χ2n) is 6.89. The number of amides is 2. The van der Waals surface area contributed by atoms with E-state index in [0.29, 0.717) is 24.6 Å². The monoisotopic (exact) mass is 382 g/mol. The third kappa shape index (κ3) is 4.82. The van der Waals surface area contributed by atoms with Gasteiger partial charge in [0.2, 0.25) is 0 Å². The molecule has 1 aliphatic heterocycles. The Morgan fingerprint density at radius 3 is 2.36 bits per heavy atom. The van der Waals surface area contributed by atoms with Gasteiger partial charge in [-0.15, -0.1) is 0 Å². The van der Waals surface area contributed by atoms with Crippen molar-refractivity contribution in [1.82, 2.24) is 10.2 Å². The Hall–Kier alpha value is -3.02. The van der Waals surface area contributed by atoms with Gasteiger partial charge in [0, 0.05) is 24.7 Å². The number of benzene rings is 2. The minimum Gasteiger partial charge on any atom is -0.493 e. The summed E-state index contributed by atoms with van der Waals surface area (Å²) in [6.07, 6.45) is 1.47. The zero-order valence-electron chi connectivity index (χ0n) is 16.3. The molecule has 0 unspecified atom stereocenters. The largest absolute Gasteiger partial charge is 0.493 e. The van der Waals surface area contributed by atoms with Gasteiger partial charge >= 0.3 is 0 Å². The number of methoxy groups -OCH3 is 1. The number of piperidine rings is 1. The van der Waals surface area contributed by atoms with Crippen molar-refractivity contribution in [2.24, 2.45) is 0 Å². The van der Waals surface area contributed by atoms with Crippen molar-refractivity contribution in [1.29, 1.82) is 0 Å². The zero-order chi connectivity index (χ0) is 19.9. The van der Waals surface area contributed by atoms with Crippen molar-refractivity contribution in [3.8, 4) is 11.5 Å². The van der Waals surface area contributed by atoms with Crippen LogP contribution in [0.3, 0.4) is 0 Å². The molecule has 6 heteroatoms. The summed E-state index contributed by atoms with van der Waals surface area (Å²) in [5, 5.41) is 2.99. The van der Waals surface area contributed by atoms with Crippen LogP contribution in [-0.2, 0) is 4.79 Å². The Bertz CT molecular complexity index is 829. The molecule has 2 amide bonds. The molecule has 0 atom stereocenters. The van der Waals surface area contributed by atoms with Crippen molar-refractivity contribution in [2.45, 2.75) is 25.8 Å². The van der Waals surface area contributed by atoms with Gasteiger partial charge in [0.15, 0.2) is 18.1 Å². The molecule has 0 aliphatic carbocycles. The summed E-state index contributed by atoms with van der Waals surface area (Å²) in [4.78, 5) is 26.7. The molecule has 0 saturated carbocycles. The van der Waals surface area contributed by atoms with Crippen molar-refractivity contribution in [3.63, 3.8) is 0 Å². The van der Waals surface area contributed by atoms with E-state index in [1.54, 1.807) is 19.2 Å². The summed E-state index contributed by atoms with van der Waals surface area (Å²) in [5.74, 6) is 1.02. The van der Waals surface area contributed by atoms with Gasteiger partial charge in [-0.25, -0.2) is 0 Å². The molecule has 2 aromatic rings. The van der Waals surface area contributed by atoms with Gasteiger partial charge in [-0.1, -0.05) is 30.3 Å². The van der Waals surface area contributed by atoms with E-state index >= 15 is 0 Å². The predicted octanol–water partition coefficient (Wildman–Crippen LogP) is 2.80. The molecule has 2 aromatic carbocycles. The van der Waals surface area contributed by atoms with Crippen molar-refractivity contribution in [3.05, 3.63) is 59.7 Å². The molecular formula is C22H26N2O4. The highest BCUT2D eigenvalue weighted by Crippen LogP contribution is 2.25. The highest BCUT2D eigenvalue weighted by Gasteiger charge is 2.25. The standard InChI is InChI=1S/C22H26N2O4/c1-16-7-3-4-8-18(16)22(26)24-13-11-17(12-14-24)23-21(25)15-28-20-10-6-5-9-19(20)27-2/h3-10,17H,11-15H2,1-2H3,(H,23,25). The first-order valence-electron chi connectivity index (χ1n) is 9.48. The van der Waals surface area contributed by atoms with Gasteiger partial charge in [-0.2, -0.15) is 0 Å². The van der Waals surface area contributed by atoms with E-state index in [-0.39, 0.29) is 24.5 Å². The molecule has 1 N–H and O–H groups in total. The maximum absolute atomic E-state index is 12.7. The Morgan fingerprint density at radius 1 is 1.04 bits per heavy atom. The molecule has 1 heterocycles. The molecule has 0 radical (unpaired) electrons. The first-order valence-corrected chi connectivity index (χ1v) is 9.48. The number of aryl methyl sites for hydroxylation is 1. The number of hydrogen-bond donors (Lipinski definition) is 1. The Morgan fingerprint density at radius 2 is 1.68 bits per heavy atom. The number of ether oxygens (including phenoxy) is 2. The van der Waals surface area contributed by atoms with Crippen LogP contribution in [0, 0.1) is 6.92 Å². The topological polar surface area (TPSA) is 67.9 Å². The quantitative estimate of drug-likeness (QED) is 0.834. The van der Waals surface area contributed by atoms with Crippen molar-refractivity contribution >= 4 is 11.8 Å². The molecule has 1 saturated heterocycles. The van der Waals surface area contributed by atoms with Crippen LogP contribution in [0.5, 0.6) is 11.5 Å². The number of nitrogens with zero attached hydrogens (tertiary/aromatic N) is 1. The molecule has 0 aromatic heterocycles. The second-order valence-corrected chi connectivity index (χ2v) is 6.89. The summed E-state index contributed by atoms with van der Waals surface area (Å²) < 4.78 is 10.8. The highest BCUT2D eigenvalue weighted by atomic mass is 16.5. The van der Waals surface area contributed by atoms with E-state index in [1.165, 1.54) is 0 Å². The van der Waals surface area contributed by atoms with E-state index in [4.69, 9.17) is 9.47 Å². The number of likely N-dealkylation sites (tertiary alicyclic amines) is 1.